The topological polar surface area (TPSA) is 74.5 Å². The van der Waals surface area contributed by atoms with Crippen LogP contribution in [0.3, 0.4) is 0 Å². The van der Waals surface area contributed by atoms with E-state index in [1.54, 1.807) is 36.4 Å². The molecule has 8 heteroatoms. The van der Waals surface area contributed by atoms with Crippen molar-refractivity contribution in [2.45, 2.75) is 19.2 Å². The summed E-state index contributed by atoms with van der Waals surface area (Å²) in [6, 6.07) is 20.8. The second-order valence-electron chi connectivity index (χ2n) is 6.79. The Labute approximate surface area is 182 Å². The van der Waals surface area contributed by atoms with Gasteiger partial charge in [0.15, 0.2) is 0 Å². The first-order valence-corrected chi connectivity index (χ1v) is 9.54. The van der Waals surface area contributed by atoms with Crippen molar-refractivity contribution in [2.75, 3.05) is 0 Å². The molecule has 0 spiro atoms. The molecule has 3 aromatic carbocycles. The van der Waals surface area contributed by atoms with Crippen LogP contribution in [0.4, 0.5) is 13.2 Å². The van der Waals surface area contributed by atoms with Crippen molar-refractivity contribution < 1.29 is 22.7 Å². The van der Waals surface area contributed by atoms with Gasteiger partial charge in [0.2, 0.25) is 5.91 Å². The van der Waals surface area contributed by atoms with Gasteiger partial charge in [0.1, 0.15) is 12.4 Å². The number of nitriles is 1. The van der Waals surface area contributed by atoms with E-state index in [4.69, 9.17) is 10.00 Å². The Bertz CT molecular complexity index is 1150. The Hall–Kier alpha value is -4.12. The Morgan fingerprint density at radius 3 is 2.53 bits per heavy atom. The van der Waals surface area contributed by atoms with Crippen LogP contribution in [0.5, 0.6) is 5.75 Å². The summed E-state index contributed by atoms with van der Waals surface area (Å²) in [6.07, 6.45) is -3.27. The molecule has 0 bridgehead atoms. The summed E-state index contributed by atoms with van der Waals surface area (Å²) >= 11 is 0. The second kappa shape index (κ2) is 10.3. The van der Waals surface area contributed by atoms with Crippen molar-refractivity contribution in [3.8, 4) is 11.8 Å². The van der Waals surface area contributed by atoms with Crippen LogP contribution in [0.15, 0.2) is 77.9 Å². The van der Waals surface area contributed by atoms with E-state index in [1.165, 1.54) is 18.3 Å². The second-order valence-corrected chi connectivity index (χ2v) is 6.79. The molecule has 0 radical (unpaired) electrons. The maximum atomic E-state index is 12.7. The number of alkyl halides is 3. The van der Waals surface area contributed by atoms with Gasteiger partial charge in [-0.25, -0.2) is 5.43 Å². The number of carbonyl (C=O) groups excluding carboxylic acids is 1. The van der Waals surface area contributed by atoms with Crippen LogP contribution in [-0.2, 0) is 24.0 Å². The minimum Gasteiger partial charge on any atom is -0.489 e. The van der Waals surface area contributed by atoms with Crippen LogP contribution in [0.25, 0.3) is 0 Å². The highest BCUT2D eigenvalue weighted by atomic mass is 19.4. The van der Waals surface area contributed by atoms with E-state index in [-0.39, 0.29) is 18.6 Å². The van der Waals surface area contributed by atoms with Crippen molar-refractivity contribution in [3.63, 3.8) is 0 Å². The Balaban J connectivity index is 1.50. The number of amides is 1. The van der Waals surface area contributed by atoms with Crippen molar-refractivity contribution in [2.24, 2.45) is 5.10 Å². The van der Waals surface area contributed by atoms with Crippen LogP contribution in [-0.4, -0.2) is 12.1 Å². The average Bonchev–Trinajstić information content (AvgIpc) is 2.78. The fraction of sp³-hybridized carbons (Fsp3) is 0.125. The van der Waals surface area contributed by atoms with Gasteiger partial charge in [-0.2, -0.15) is 23.5 Å². The van der Waals surface area contributed by atoms with E-state index < -0.39 is 17.6 Å². The summed E-state index contributed by atoms with van der Waals surface area (Å²) in [5, 5.41) is 12.9. The molecule has 5 nitrogen and oxygen atoms in total. The molecule has 3 aromatic rings. The van der Waals surface area contributed by atoms with E-state index in [1.807, 2.05) is 12.1 Å². The molecule has 0 fully saturated rings. The molecule has 0 aliphatic carbocycles. The van der Waals surface area contributed by atoms with Crippen molar-refractivity contribution >= 4 is 12.1 Å². The minimum atomic E-state index is -4.46. The number of hydrogen-bond donors (Lipinski definition) is 1. The number of nitrogens with zero attached hydrogens (tertiary/aromatic N) is 2. The van der Waals surface area contributed by atoms with Gasteiger partial charge in [-0.15, -0.1) is 0 Å². The number of rotatable bonds is 7. The standard InChI is InChI=1S/C24H18F3N3O2/c25-24(26,27)21-7-3-4-18(12-21)13-23(31)30-29-15-17-8-10-22(11-9-17)32-16-20-6-2-1-5-19(20)14-28/h1-12,15H,13,16H2,(H,30,31)/b29-15+. The van der Waals surface area contributed by atoms with Crippen molar-refractivity contribution in [3.05, 3.63) is 101 Å². The normalized spacial score (nSPS) is 11.2. The third kappa shape index (κ3) is 6.44. The number of hydrogen-bond acceptors (Lipinski definition) is 4. The molecule has 3 rings (SSSR count). The van der Waals surface area contributed by atoms with Crippen LogP contribution in [0.2, 0.25) is 0 Å². The number of hydrazone groups is 1. The molecule has 1 N–H and O–H groups in total. The number of nitrogens with one attached hydrogen (secondary N) is 1. The Morgan fingerprint density at radius 1 is 1.06 bits per heavy atom. The van der Waals surface area contributed by atoms with Gasteiger partial charge in [-0.3, -0.25) is 4.79 Å². The third-order valence-corrected chi connectivity index (χ3v) is 4.43. The van der Waals surface area contributed by atoms with Gasteiger partial charge >= 0.3 is 6.18 Å². The molecule has 0 aliphatic heterocycles. The first-order chi connectivity index (χ1) is 15.3. The van der Waals surface area contributed by atoms with Gasteiger partial charge in [-0.1, -0.05) is 36.4 Å². The lowest BCUT2D eigenvalue weighted by Crippen LogP contribution is -2.20. The lowest BCUT2D eigenvalue weighted by Gasteiger charge is -2.08. The number of halogens is 3. The molecule has 32 heavy (non-hydrogen) atoms. The summed E-state index contributed by atoms with van der Waals surface area (Å²) in [5.74, 6) is 0.0696. The number of benzene rings is 3. The molecular formula is C24H18F3N3O2. The maximum absolute atomic E-state index is 12.7. The molecule has 0 saturated heterocycles. The molecule has 0 heterocycles. The fourth-order valence-electron chi connectivity index (χ4n) is 2.83. The number of carbonyl (C=O) groups is 1. The van der Waals surface area contributed by atoms with E-state index >= 15 is 0 Å². The number of ether oxygens (including phenoxy) is 1. The SMILES string of the molecule is N#Cc1ccccc1COc1ccc(/C=N/NC(=O)Cc2cccc(C(F)(F)F)c2)cc1. The van der Waals surface area contributed by atoms with Gasteiger partial charge in [-0.05, 0) is 47.5 Å². The molecule has 162 valence electrons. The molecule has 1 amide bonds. The van der Waals surface area contributed by atoms with Crippen LogP contribution in [0.1, 0.15) is 27.8 Å². The van der Waals surface area contributed by atoms with E-state index in [2.05, 4.69) is 16.6 Å². The monoisotopic (exact) mass is 437 g/mol. The summed E-state index contributed by atoms with van der Waals surface area (Å²) in [7, 11) is 0. The Morgan fingerprint density at radius 2 is 1.81 bits per heavy atom. The lowest BCUT2D eigenvalue weighted by molar-refractivity contribution is -0.137. The van der Waals surface area contributed by atoms with E-state index in [0.29, 0.717) is 16.9 Å². The summed E-state index contributed by atoms with van der Waals surface area (Å²) in [4.78, 5) is 11.9. The molecule has 0 aliphatic rings. The molecule has 0 aromatic heterocycles. The van der Waals surface area contributed by atoms with Gasteiger partial charge in [0.05, 0.1) is 29.8 Å². The predicted octanol–water partition coefficient (Wildman–Crippen LogP) is 4.85. The molecule has 0 unspecified atom stereocenters. The van der Waals surface area contributed by atoms with Crippen LogP contribution in [0, 0.1) is 11.3 Å². The highest BCUT2D eigenvalue weighted by Crippen LogP contribution is 2.29. The third-order valence-electron chi connectivity index (χ3n) is 4.43. The van der Waals surface area contributed by atoms with Gasteiger partial charge in [0, 0.05) is 5.56 Å². The van der Waals surface area contributed by atoms with Crippen molar-refractivity contribution in [1.29, 1.82) is 5.26 Å². The lowest BCUT2D eigenvalue weighted by atomic mass is 10.1. The predicted molar refractivity (Wildman–Crippen MR) is 113 cm³/mol. The van der Waals surface area contributed by atoms with Crippen LogP contribution >= 0.6 is 0 Å². The fourth-order valence-corrected chi connectivity index (χ4v) is 2.83. The summed E-state index contributed by atoms with van der Waals surface area (Å²) < 4.78 is 43.9. The highest BCUT2D eigenvalue weighted by molar-refractivity contribution is 5.83. The molecule has 0 saturated carbocycles. The zero-order chi connectivity index (χ0) is 23.0. The molecular weight excluding hydrogens is 419 g/mol. The summed E-state index contributed by atoms with van der Waals surface area (Å²) in [6.45, 7) is 0.253. The quantitative estimate of drug-likeness (QED) is 0.424. The van der Waals surface area contributed by atoms with Crippen LogP contribution < -0.4 is 10.2 Å². The van der Waals surface area contributed by atoms with Gasteiger partial charge in [0.25, 0.3) is 0 Å². The smallest absolute Gasteiger partial charge is 0.416 e. The summed E-state index contributed by atoms with van der Waals surface area (Å²) in [5.41, 5.74) is 3.76. The largest absolute Gasteiger partial charge is 0.489 e. The van der Waals surface area contributed by atoms with Crippen molar-refractivity contribution in [1.82, 2.24) is 5.43 Å². The van der Waals surface area contributed by atoms with E-state index in [9.17, 15) is 18.0 Å². The zero-order valence-corrected chi connectivity index (χ0v) is 16.8. The first-order valence-electron chi connectivity index (χ1n) is 9.54. The highest BCUT2D eigenvalue weighted by Gasteiger charge is 2.30. The average molecular weight is 437 g/mol. The zero-order valence-electron chi connectivity index (χ0n) is 16.8. The van der Waals surface area contributed by atoms with E-state index in [0.717, 1.165) is 17.7 Å². The molecule has 0 atom stereocenters. The maximum Gasteiger partial charge on any atom is 0.416 e. The van der Waals surface area contributed by atoms with Gasteiger partial charge < -0.3 is 4.74 Å². The minimum absolute atomic E-state index is 0.224. The Kier molecular flexibility index (Phi) is 7.24. The first kappa shape index (κ1) is 22.6.